The number of aliphatic hydroxyl groups excluding tert-OH is 1. The van der Waals surface area contributed by atoms with Crippen LogP contribution in [0.5, 0.6) is 0 Å². The van der Waals surface area contributed by atoms with Gasteiger partial charge in [0.05, 0.1) is 0 Å². The van der Waals surface area contributed by atoms with E-state index in [1.807, 2.05) is 24.3 Å². The van der Waals surface area contributed by atoms with E-state index in [1.54, 1.807) is 0 Å². The predicted molar refractivity (Wildman–Crippen MR) is 146 cm³/mol. The van der Waals surface area contributed by atoms with Crippen molar-refractivity contribution in [2.75, 3.05) is 0 Å². The van der Waals surface area contributed by atoms with E-state index in [-0.39, 0.29) is 21.0 Å². The number of hydrogen-bond acceptors (Lipinski definition) is 2. The van der Waals surface area contributed by atoms with E-state index in [9.17, 15) is 5.11 Å². The van der Waals surface area contributed by atoms with E-state index in [0.29, 0.717) is 6.42 Å². The summed E-state index contributed by atoms with van der Waals surface area (Å²) in [6, 6.07) is 41.8. The summed E-state index contributed by atoms with van der Waals surface area (Å²) in [6.07, 6.45) is 0.681. The zero-order valence-electron chi connectivity index (χ0n) is 19.8. The predicted octanol–water partition coefficient (Wildman–Crippen LogP) is 5.04. The Morgan fingerprint density at radius 2 is 1.09 bits per heavy atom. The molecule has 35 heavy (non-hydrogen) atoms. The molecule has 0 spiro atoms. The topological polar surface area (TPSA) is 23.5 Å². The average molecular weight is 525 g/mol. The molecule has 0 aliphatic rings. The Morgan fingerprint density at radius 1 is 0.629 bits per heavy atom. The summed E-state index contributed by atoms with van der Waals surface area (Å²) in [5, 5.41) is 11.5. The van der Waals surface area contributed by atoms with Gasteiger partial charge in [0.15, 0.2) is 0 Å². The van der Waals surface area contributed by atoms with Crippen LogP contribution in [0.4, 0.5) is 0 Å². The first-order valence-corrected chi connectivity index (χ1v) is 13.7. The van der Waals surface area contributed by atoms with Crippen LogP contribution in [0.2, 0.25) is 0 Å². The zero-order valence-corrected chi connectivity index (χ0v) is 21.5. The first-order valence-electron chi connectivity index (χ1n) is 12.0. The Balaban J connectivity index is 1.56. The zero-order chi connectivity index (χ0) is 24.1. The molecule has 0 aromatic heterocycles. The van der Waals surface area contributed by atoms with E-state index in [4.69, 9.17) is 0 Å². The molecular formula is C32H31NOSe. The van der Waals surface area contributed by atoms with Gasteiger partial charge in [-0.25, -0.2) is 0 Å². The Kier molecular flexibility index (Phi) is 9.77. The van der Waals surface area contributed by atoms with Crippen molar-refractivity contribution in [3.8, 4) is 10.7 Å². The van der Waals surface area contributed by atoms with Gasteiger partial charge in [-0.2, -0.15) is 0 Å². The molecule has 1 N–H and O–H groups in total. The van der Waals surface area contributed by atoms with E-state index in [1.165, 1.54) is 21.2 Å². The Labute approximate surface area is 215 Å². The molecule has 0 saturated carbocycles. The van der Waals surface area contributed by atoms with E-state index < -0.39 is 6.10 Å². The summed E-state index contributed by atoms with van der Waals surface area (Å²) in [7, 11) is 0. The molecule has 0 heterocycles. The van der Waals surface area contributed by atoms with Gasteiger partial charge in [-0.1, -0.05) is 0 Å². The average Bonchev–Trinajstić information content (AvgIpc) is 2.92. The van der Waals surface area contributed by atoms with Gasteiger partial charge in [0, 0.05) is 0 Å². The van der Waals surface area contributed by atoms with Crippen LogP contribution in [-0.4, -0.2) is 37.1 Å². The van der Waals surface area contributed by atoms with E-state index >= 15 is 0 Å². The molecule has 0 saturated heterocycles. The summed E-state index contributed by atoms with van der Waals surface area (Å²) < 4.78 is 1.26. The maximum absolute atomic E-state index is 11.5. The Hall–Kier alpha value is -3.12. The van der Waals surface area contributed by atoms with Gasteiger partial charge in [0.1, 0.15) is 0 Å². The molecule has 0 aliphatic heterocycles. The molecule has 176 valence electrons. The number of aliphatic hydroxyl groups is 1. The van der Waals surface area contributed by atoms with Crippen molar-refractivity contribution < 1.29 is 5.11 Å². The second-order valence-corrected chi connectivity index (χ2v) is 10.4. The van der Waals surface area contributed by atoms with Gasteiger partial charge in [-0.15, -0.1) is 0 Å². The molecule has 3 heteroatoms. The molecule has 0 unspecified atom stereocenters. The second-order valence-electron chi connectivity index (χ2n) is 8.60. The van der Waals surface area contributed by atoms with Crippen LogP contribution in [0.15, 0.2) is 121 Å². The van der Waals surface area contributed by atoms with E-state index in [2.05, 4.69) is 113 Å². The number of nitrogens with zero attached hydrogens (tertiary/aromatic N) is 1. The molecule has 4 aromatic rings. The number of hydrogen-bond donors (Lipinski definition) is 1. The van der Waals surface area contributed by atoms with Crippen LogP contribution in [0.25, 0.3) is 0 Å². The van der Waals surface area contributed by atoms with Crippen LogP contribution in [0.3, 0.4) is 0 Å². The van der Waals surface area contributed by atoms with Crippen molar-refractivity contribution in [2.24, 2.45) is 0 Å². The number of benzene rings is 4. The molecule has 0 radical (unpaired) electrons. The van der Waals surface area contributed by atoms with Gasteiger partial charge in [-0.3, -0.25) is 0 Å². The number of rotatable bonds is 10. The third-order valence-corrected chi connectivity index (χ3v) is 7.54. The summed E-state index contributed by atoms with van der Waals surface area (Å²) in [4.78, 5) is 5.73. The van der Waals surface area contributed by atoms with Gasteiger partial charge in [-0.05, 0) is 0 Å². The molecule has 4 aromatic carbocycles. The second kappa shape index (κ2) is 13.7. The van der Waals surface area contributed by atoms with E-state index in [0.717, 1.165) is 19.5 Å². The van der Waals surface area contributed by atoms with Crippen molar-refractivity contribution in [3.05, 3.63) is 138 Å². The van der Waals surface area contributed by atoms with Gasteiger partial charge in [0.25, 0.3) is 0 Å². The molecule has 4 rings (SSSR count). The molecule has 2 nitrogen and oxygen atoms in total. The molecule has 0 bridgehead atoms. The molecule has 2 atom stereocenters. The Bertz CT molecular complexity index is 1150. The fourth-order valence-corrected chi connectivity index (χ4v) is 5.34. The van der Waals surface area contributed by atoms with Crippen molar-refractivity contribution in [1.29, 1.82) is 0 Å². The van der Waals surface area contributed by atoms with Crippen LogP contribution in [0, 0.1) is 10.7 Å². The van der Waals surface area contributed by atoms with Crippen molar-refractivity contribution >= 4 is 19.4 Å². The van der Waals surface area contributed by atoms with Crippen LogP contribution < -0.4 is 4.46 Å². The fraction of sp³-hybridized carbons (Fsp3) is 0.188. The summed E-state index contributed by atoms with van der Waals surface area (Å²) >= 11 is 0.101. The summed E-state index contributed by atoms with van der Waals surface area (Å²) in [6.45, 7) is 1.54. The summed E-state index contributed by atoms with van der Waals surface area (Å²) in [5.41, 5.74) is 3.71. The van der Waals surface area contributed by atoms with Gasteiger partial charge in [0.2, 0.25) is 0 Å². The molecule has 0 aliphatic carbocycles. The minimum atomic E-state index is -0.554. The standard InChI is InChI=1S/C32H31NOSe/c34-32(22-13-23-35-30-20-11-4-12-21-30)31(24-27-14-5-1-6-15-27)33(25-28-16-7-2-8-17-28)26-29-18-9-3-10-19-29/h1-12,14-21,31-32,34H,22,24-26H2/t31-,32+/m0/s1. The minimum absolute atomic E-state index is 0.0589. The molecule has 0 fully saturated rings. The van der Waals surface area contributed by atoms with Crippen LogP contribution in [0.1, 0.15) is 23.1 Å². The normalized spacial score (nSPS) is 12.5. The van der Waals surface area contributed by atoms with Crippen molar-refractivity contribution in [3.63, 3.8) is 0 Å². The maximum atomic E-state index is 11.5. The SMILES string of the molecule is O[C@H](CC#C[Se]c1ccccc1)[C@H](Cc1ccccc1)N(Cc1ccccc1)Cc1ccccc1. The van der Waals surface area contributed by atoms with Gasteiger partial charge < -0.3 is 0 Å². The molecular weight excluding hydrogens is 493 g/mol. The quantitative estimate of drug-likeness (QED) is 0.232. The van der Waals surface area contributed by atoms with Crippen molar-refractivity contribution in [2.45, 2.75) is 38.1 Å². The third kappa shape index (κ3) is 8.25. The third-order valence-electron chi connectivity index (χ3n) is 5.95. The summed E-state index contributed by atoms with van der Waals surface area (Å²) in [5.74, 6) is 3.28. The van der Waals surface area contributed by atoms with Crippen LogP contribution in [-0.2, 0) is 19.5 Å². The monoisotopic (exact) mass is 525 g/mol. The fourth-order valence-electron chi connectivity index (χ4n) is 4.16. The first-order chi connectivity index (χ1) is 17.3. The van der Waals surface area contributed by atoms with Crippen LogP contribution >= 0.6 is 0 Å². The van der Waals surface area contributed by atoms with Crippen molar-refractivity contribution in [1.82, 2.24) is 4.90 Å². The first kappa shape index (κ1) is 25.0. The van der Waals surface area contributed by atoms with Gasteiger partial charge >= 0.3 is 216 Å². The Morgan fingerprint density at radius 3 is 1.60 bits per heavy atom. The molecule has 0 amide bonds.